The van der Waals surface area contributed by atoms with Crippen molar-refractivity contribution in [1.29, 1.82) is 0 Å². The lowest BCUT2D eigenvalue weighted by Crippen LogP contribution is -2.55. The number of terminal acetylenes is 1. The van der Waals surface area contributed by atoms with E-state index in [1.807, 2.05) is 5.92 Å². The Kier molecular flexibility index (Phi) is 7.52. The van der Waals surface area contributed by atoms with E-state index in [1.54, 1.807) is 0 Å². The van der Waals surface area contributed by atoms with Gasteiger partial charge in [-0.25, -0.2) is 18.5 Å². The number of aliphatic hydroxyl groups is 1. The van der Waals surface area contributed by atoms with E-state index in [1.165, 1.54) is 0 Å². The minimum absolute atomic E-state index is 0.245. The number of ether oxygens (including phenoxy) is 1. The molecule has 0 bridgehead atoms. The standard InChI is InChI=1S/C11H18N5O13P3/c1-3-11(13)8(17)7(26-9(11)16-10(18)15-6(12)4-14-16)5(2)27-31(22,23)29-32(24,25)28-30(19,20)21/h1,4-5,7-9,17H,13H2,2H3,(H,22,23)(H,24,25)(H2,12,15,18)(H2,19,20,21)/t5-,7+,8?,9+,11+/m0/s1. The molecule has 1 aromatic rings. The number of phosphoric ester groups is 1. The smallest absolute Gasteiger partial charge is 0.387 e. The summed E-state index contributed by atoms with van der Waals surface area (Å²) in [6.45, 7) is 1.02. The first-order valence-electron chi connectivity index (χ1n) is 8.04. The molecule has 9 N–H and O–H groups in total. The quantitative estimate of drug-likeness (QED) is 0.138. The number of hydrogen-bond acceptors (Lipinski definition) is 13. The first-order chi connectivity index (χ1) is 14.4. The van der Waals surface area contributed by atoms with Crippen LogP contribution < -0.4 is 17.2 Å². The van der Waals surface area contributed by atoms with Gasteiger partial charge in [0.25, 0.3) is 0 Å². The summed E-state index contributed by atoms with van der Waals surface area (Å²) in [6.07, 6.45) is -0.557. The first kappa shape index (κ1) is 26.7. The Morgan fingerprint density at radius 3 is 2.38 bits per heavy atom. The normalized spacial score (nSPS) is 30.8. The topological polar surface area (TPSA) is 289 Å². The molecule has 1 aliphatic rings. The van der Waals surface area contributed by atoms with E-state index in [2.05, 4.69) is 23.2 Å². The highest BCUT2D eigenvalue weighted by atomic mass is 31.3. The van der Waals surface area contributed by atoms with Crippen LogP contribution in [0.25, 0.3) is 0 Å². The molecule has 0 radical (unpaired) electrons. The summed E-state index contributed by atoms with van der Waals surface area (Å²) in [5.74, 6) is 1.78. The van der Waals surface area contributed by atoms with Crippen molar-refractivity contribution >= 4 is 29.3 Å². The Morgan fingerprint density at radius 2 is 1.88 bits per heavy atom. The Bertz CT molecular complexity index is 1120. The maximum atomic E-state index is 12.1. The average Bonchev–Trinajstić information content (AvgIpc) is 2.84. The second-order valence-corrected chi connectivity index (χ2v) is 10.7. The number of nitrogens with zero attached hydrogens (tertiary/aromatic N) is 3. The summed E-state index contributed by atoms with van der Waals surface area (Å²) in [5.41, 5.74) is 8.10. The Balaban J connectivity index is 2.27. The van der Waals surface area contributed by atoms with Gasteiger partial charge in [-0.3, -0.25) is 4.52 Å². The monoisotopic (exact) mass is 521 g/mol. The van der Waals surface area contributed by atoms with Crippen LogP contribution in [0.2, 0.25) is 0 Å². The molecule has 1 fully saturated rings. The third-order valence-electron chi connectivity index (χ3n) is 3.88. The summed E-state index contributed by atoms with van der Waals surface area (Å²) >= 11 is 0. The number of rotatable bonds is 8. The van der Waals surface area contributed by atoms with Crippen molar-refractivity contribution in [2.24, 2.45) is 5.73 Å². The van der Waals surface area contributed by atoms with E-state index in [4.69, 9.17) is 32.4 Å². The molecule has 180 valence electrons. The molecule has 32 heavy (non-hydrogen) atoms. The van der Waals surface area contributed by atoms with Crippen molar-refractivity contribution < 1.29 is 56.3 Å². The molecule has 2 rings (SSSR count). The zero-order chi connectivity index (χ0) is 24.7. The molecular weight excluding hydrogens is 503 g/mol. The predicted octanol–water partition coefficient (Wildman–Crippen LogP) is -2.46. The van der Waals surface area contributed by atoms with Crippen molar-refractivity contribution in [3.05, 3.63) is 16.7 Å². The molecule has 2 heterocycles. The van der Waals surface area contributed by atoms with Gasteiger partial charge in [-0.15, -0.1) is 6.42 Å². The second kappa shape index (κ2) is 9.01. The van der Waals surface area contributed by atoms with Gasteiger partial charge in [-0.2, -0.15) is 23.4 Å². The van der Waals surface area contributed by atoms with Gasteiger partial charge < -0.3 is 40.9 Å². The van der Waals surface area contributed by atoms with Crippen LogP contribution in [0, 0.1) is 12.3 Å². The van der Waals surface area contributed by atoms with Crippen molar-refractivity contribution in [1.82, 2.24) is 14.8 Å². The predicted molar refractivity (Wildman–Crippen MR) is 101 cm³/mol. The van der Waals surface area contributed by atoms with E-state index < -0.39 is 59.2 Å². The molecular formula is C11H18N5O13P3. The zero-order valence-corrected chi connectivity index (χ0v) is 18.5. The van der Waals surface area contributed by atoms with E-state index in [0.717, 1.165) is 13.1 Å². The number of hydrogen-bond donors (Lipinski definition) is 7. The number of nitrogens with two attached hydrogens (primary N) is 2. The van der Waals surface area contributed by atoms with Crippen molar-refractivity contribution in [2.75, 3.05) is 5.73 Å². The van der Waals surface area contributed by atoms with Crippen molar-refractivity contribution in [3.63, 3.8) is 0 Å². The van der Waals surface area contributed by atoms with Crippen LogP contribution in [0.5, 0.6) is 0 Å². The average molecular weight is 521 g/mol. The van der Waals surface area contributed by atoms with Crippen LogP contribution in [-0.2, 0) is 31.6 Å². The van der Waals surface area contributed by atoms with E-state index in [-0.39, 0.29) is 5.82 Å². The van der Waals surface area contributed by atoms with Gasteiger partial charge in [0, 0.05) is 0 Å². The Morgan fingerprint density at radius 1 is 1.28 bits per heavy atom. The Labute approximate surface area is 178 Å². The number of anilines is 1. The molecule has 0 spiro atoms. The fourth-order valence-electron chi connectivity index (χ4n) is 2.63. The molecule has 1 aromatic heterocycles. The van der Waals surface area contributed by atoms with Gasteiger partial charge >= 0.3 is 29.2 Å². The molecule has 18 nitrogen and oxygen atoms in total. The minimum atomic E-state index is -5.78. The maximum Gasteiger partial charge on any atom is 0.490 e. The molecule has 3 unspecified atom stereocenters. The van der Waals surface area contributed by atoms with Crippen LogP contribution in [0.1, 0.15) is 13.2 Å². The fourth-order valence-corrected chi connectivity index (χ4v) is 5.83. The summed E-state index contributed by atoms with van der Waals surface area (Å²) in [7, 11) is -16.9. The van der Waals surface area contributed by atoms with Crippen LogP contribution >= 0.6 is 23.5 Å². The SMILES string of the molecule is C#C[C@@]1(N)C(O)[C@@H]([C@H](C)OP(=O)(O)OP(=O)(O)OP(=O)(O)O)O[C@H]1n1ncc(N)nc1=O. The second-order valence-electron chi connectivity index (χ2n) is 6.29. The van der Waals surface area contributed by atoms with Crippen LogP contribution in [0.4, 0.5) is 5.82 Å². The molecule has 1 aliphatic heterocycles. The molecule has 0 amide bonds. The number of aromatic nitrogens is 3. The summed E-state index contributed by atoms with van der Waals surface area (Å²) in [4.78, 5) is 51.4. The highest BCUT2D eigenvalue weighted by molar-refractivity contribution is 7.66. The van der Waals surface area contributed by atoms with Crippen LogP contribution in [-0.4, -0.2) is 63.3 Å². The van der Waals surface area contributed by atoms with Gasteiger partial charge in [-0.1, -0.05) is 5.92 Å². The van der Waals surface area contributed by atoms with Crippen molar-refractivity contribution in [2.45, 2.75) is 37.0 Å². The van der Waals surface area contributed by atoms with Crippen LogP contribution in [0.3, 0.4) is 0 Å². The lowest BCUT2D eigenvalue weighted by molar-refractivity contribution is -0.0793. The van der Waals surface area contributed by atoms with Gasteiger partial charge in [0.15, 0.2) is 11.8 Å². The van der Waals surface area contributed by atoms with Crippen LogP contribution in [0.15, 0.2) is 11.0 Å². The number of phosphoric acid groups is 3. The number of nitrogen functional groups attached to an aromatic ring is 1. The molecule has 7 atom stereocenters. The summed E-state index contributed by atoms with van der Waals surface area (Å²) in [5, 5.41) is 14.2. The molecule has 0 aromatic carbocycles. The largest absolute Gasteiger partial charge is 0.490 e. The van der Waals surface area contributed by atoms with Gasteiger partial charge in [-0.05, 0) is 6.92 Å². The third kappa shape index (κ3) is 6.07. The fraction of sp³-hybridized carbons (Fsp3) is 0.545. The summed E-state index contributed by atoms with van der Waals surface area (Å²) in [6, 6.07) is 0. The van der Waals surface area contributed by atoms with E-state index in [9.17, 15) is 33.4 Å². The molecule has 1 saturated heterocycles. The van der Waals surface area contributed by atoms with E-state index in [0.29, 0.717) is 4.68 Å². The van der Waals surface area contributed by atoms with Gasteiger partial charge in [0.05, 0.1) is 12.3 Å². The summed E-state index contributed by atoms with van der Waals surface area (Å²) < 4.78 is 51.8. The maximum absolute atomic E-state index is 12.1. The lowest BCUT2D eigenvalue weighted by Gasteiger charge is -2.27. The molecule has 21 heteroatoms. The van der Waals surface area contributed by atoms with Gasteiger partial charge in [0.2, 0.25) is 0 Å². The van der Waals surface area contributed by atoms with E-state index >= 15 is 0 Å². The lowest BCUT2D eigenvalue weighted by atomic mass is 9.90. The minimum Gasteiger partial charge on any atom is -0.387 e. The molecule has 0 aliphatic carbocycles. The number of aliphatic hydroxyl groups excluding tert-OH is 1. The third-order valence-corrected chi connectivity index (χ3v) is 7.81. The highest BCUT2D eigenvalue weighted by Gasteiger charge is 2.57. The zero-order valence-electron chi connectivity index (χ0n) is 15.8. The first-order valence-corrected chi connectivity index (χ1v) is 12.6. The molecule has 0 saturated carbocycles. The van der Waals surface area contributed by atoms with Gasteiger partial charge in [0.1, 0.15) is 18.0 Å². The van der Waals surface area contributed by atoms with Crippen molar-refractivity contribution in [3.8, 4) is 12.3 Å². The highest BCUT2D eigenvalue weighted by Crippen LogP contribution is 2.66. The Hall–Kier alpha value is -1.54.